The molecular weight excluding hydrogens is 256 g/mol. The number of likely N-dealkylation sites (N-methyl/N-ethyl adjacent to an activating group) is 1. The first-order valence-corrected chi connectivity index (χ1v) is 6.45. The highest BCUT2D eigenvalue weighted by molar-refractivity contribution is 5.73. The Hall–Kier alpha value is -2.21. The molecule has 1 aromatic heterocycles. The van der Waals surface area contributed by atoms with Crippen molar-refractivity contribution in [3.05, 3.63) is 50.5 Å². The first-order chi connectivity index (χ1) is 9.59. The standard InChI is InChI=1S/C14H18N4O2/c1-18(2)8-7-16-11-12(14(20)13(11)19)17-9-10-5-3-4-6-15-10/h3-6,16-17H,7-9H2,1-2H3. The summed E-state index contributed by atoms with van der Waals surface area (Å²) >= 11 is 0. The molecule has 2 aromatic rings. The molecule has 0 unspecified atom stereocenters. The Morgan fingerprint density at radius 1 is 1.10 bits per heavy atom. The minimum absolute atomic E-state index is 0.361. The summed E-state index contributed by atoms with van der Waals surface area (Å²) in [5.41, 5.74) is 0.646. The lowest BCUT2D eigenvalue weighted by atomic mass is 10.2. The average Bonchev–Trinajstić information content (AvgIpc) is 2.45. The summed E-state index contributed by atoms with van der Waals surface area (Å²) in [4.78, 5) is 29.2. The van der Waals surface area contributed by atoms with Crippen LogP contribution in [0.4, 0.5) is 11.4 Å². The zero-order valence-corrected chi connectivity index (χ0v) is 11.6. The zero-order valence-electron chi connectivity index (χ0n) is 11.6. The van der Waals surface area contributed by atoms with Crippen molar-refractivity contribution in [1.82, 2.24) is 9.88 Å². The van der Waals surface area contributed by atoms with Crippen molar-refractivity contribution in [2.75, 3.05) is 37.8 Å². The lowest BCUT2D eigenvalue weighted by Crippen LogP contribution is -2.38. The van der Waals surface area contributed by atoms with Crippen LogP contribution in [-0.2, 0) is 6.54 Å². The van der Waals surface area contributed by atoms with Gasteiger partial charge >= 0.3 is 0 Å². The van der Waals surface area contributed by atoms with E-state index in [1.165, 1.54) is 0 Å². The average molecular weight is 274 g/mol. The van der Waals surface area contributed by atoms with E-state index in [1.807, 2.05) is 37.2 Å². The van der Waals surface area contributed by atoms with Gasteiger partial charge in [-0.15, -0.1) is 0 Å². The van der Waals surface area contributed by atoms with E-state index in [4.69, 9.17) is 0 Å². The van der Waals surface area contributed by atoms with Gasteiger partial charge in [0.25, 0.3) is 10.9 Å². The number of aromatic nitrogens is 1. The second kappa shape index (κ2) is 6.29. The van der Waals surface area contributed by atoms with Crippen LogP contribution in [0.2, 0.25) is 0 Å². The monoisotopic (exact) mass is 274 g/mol. The Labute approximate surface area is 117 Å². The Morgan fingerprint density at radius 3 is 2.40 bits per heavy atom. The van der Waals surface area contributed by atoms with Crippen molar-refractivity contribution in [3.63, 3.8) is 0 Å². The molecule has 106 valence electrons. The molecule has 0 aliphatic rings. The lowest BCUT2D eigenvalue weighted by molar-refractivity contribution is 0.425. The second-order valence-electron chi connectivity index (χ2n) is 4.81. The predicted octanol–water partition coefficient (Wildman–Crippen LogP) is 0.263. The molecule has 2 N–H and O–H groups in total. The summed E-state index contributed by atoms with van der Waals surface area (Å²) in [6.45, 7) is 1.84. The molecule has 0 amide bonds. The highest BCUT2D eigenvalue weighted by Crippen LogP contribution is 2.14. The molecule has 1 aromatic carbocycles. The zero-order chi connectivity index (χ0) is 14.5. The van der Waals surface area contributed by atoms with E-state index < -0.39 is 10.9 Å². The molecule has 0 atom stereocenters. The maximum absolute atomic E-state index is 11.5. The largest absolute Gasteiger partial charge is 0.379 e. The van der Waals surface area contributed by atoms with E-state index in [0.29, 0.717) is 24.5 Å². The fourth-order valence-electron chi connectivity index (χ4n) is 1.82. The van der Waals surface area contributed by atoms with Gasteiger partial charge in [0.05, 0.1) is 12.2 Å². The van der Waals surface area contributed by atoms with Gasteiger partial charge in [-0.1, -0.05) is 6.07 Å². The van der Waals surface area contributed by atoms with Gasteiger partial charge in [-0.05, 0) is 26.2 Å². The maximum atomic E-state index is 11.5. The molecule has 20 heavy (non-hydrogen) atoms. The summed E-state index contributed by atoms with van der Waals surface area (Å²) in [6, 6.07) is 5.56. The minimum Gasteiger partial charge on any atom is -0.379 e. The van der Waals surface area contributed by atoms with Gasteiger partial charge in [-0.25, -0.2) is 0 Å². The lowest BCUT2D eigenvalue weighted by Gasteiger charge is -2.16. The molecule has 6 nitrogen and oxygen atoms in total. The first-order valence-electron chi connectivity index (χ1n) is 6.45. The SMILES string of the molecule is CN(C)CCNc1c(NCc2ccccn2)c(=O)c1=O. The van der Waals surface area contributed by atoms with Gasteiger partial charge in [0, 0.05) is 19.3 Å². The van der Waals surface area contributed by atoms with Crippen molar-refractivity contribution < 1.29 is 0 Å². The fourth-order valence-corrected chi connectivity index (χ4v) is 1.82. The third-order valence-electron chi connectivity index (χ3n) is 2.94. The summed E-state index contributed by atoms with van der Waals surface area (Å²) in [6.07, 6.45) is 1.69. The van der Waals surface area contributed by atoms with Crippen LogP contribution in [0.3, 0.4) is 0 Å². The van der Waals surface area contributed by atoms with Gasteiger partial charge in [-0.3, -0.25) is 14.6 Å². The van der Waals surface area contributed by atoms with E-state index >= 15 is 0 Å². The first kappa shape index (κ1) is 14.2. The molecule has 0 saturated carbocycles. The smallest absolute Gasteiger partial charge is 0.253 e. The number of hydrogen-bond acceptors (Lipinski definition) is 6. The van der Waals surface area contributed by atoms with Crippen molar-refractivity contribution in [1.29, 1.82) is 0 Å². The quantitative estimate of drug-likeness (QED) is 0.706. The molecule has 0 fully saturated rings. The third-order valence-corrected chi connectivity index (χ3v) is 2.94. The van der Waals surface area contributed by atoms with Crippen LogP contribution in [0.15, 0.2) is 34.0 Å². The van der Waals surface area contributed by atoms with Gasteiger partial charge < -0.3 is 15.5 Å². The van der Waals surface area contributed by atoms with Crippen LogP contribution in [0.5, 0.6) is 0 Å². The predicted molar refractivity (Wildman–Crippen MR) is 80.0 cm³/mol. The molecule has 0 aliphatic heterocycles. The Bertz CT molecular complexity index is 630. The molecule has 0 radical (unpaired) electrons. The molecule has 0 bridgehead atoms. The van der Waals surface area contributed by atoms with Crippen LogP contribution in [0.25, 0.3) is 0 Å². The van der Waals surface area contributed by atoms with E-state index in [9.17, 15) is 9.59 Å². The molecule has 1 heterocycles. The summed E-state index contributed by atoms with van der Waals surface area (Å²) in [5.74, 6) is 0. The maximum Gasteiger partial charge on any atom is 0.253 e. The minimum atomic E-state index is -0.465. The Morgan fingerprint density at radius 2 is 1.80 bits per heavy atom. The Kier molecular flexibility index (Phi) is 4.47. The molecule has 0 saturated heterocycles. The fraction of sp³-hybridized carbons (Fsp3) is 0.357. The van der Waals surface area contributed by atoms with E-state index in [2.05, 4.69) is 15.6 Å². The van der Waals surface area contributed by atoms with Crippen LogP contribution < -0.4 is 21.5 Å². The molecule has 0 spiro atoms. The van der Waals surface area contributed by atoms with Crippen LogP contribution in [0, 0.1) is 0 Å². The number of rotatable bonds is 7. The normalized spacial score (nSPS) is 10.9. The highest BCUT2D eigenvalue weighted by atomic mass is 16.2. The van der Waals surface area contributed by atoms with E-state index in [-0.39, 0.29) is 0 Å². The molecule has 6 heteroatoms. The summed E-state index contributed by atoms with van der Waals surface area (Å²) in [7, 11) is 3.90. The van der Waals surface area contributed by atoms with E-state index in [0.717, 1.165) is 12.2 Å². The van der Waals surface area contributed by atoms with Crippen molar-refractivity contribution in [2.45, 2.75) is 6.54 Å². The number of anilines is 2. The summed E-state index contributed by atoms with van der Waals surface area (Å²) in [5, 5.41) is 5.98. The van der Waals surface area contributed by atoms with Gasteiger partial charge in [-0.2, -0.15) is 0 Å². The van der Waals surface area contributed by atoms with Crippen LogP contribution in [-0.4, -0.2) is 37.1 Å². The third kappa shape index (κ3) is 3.21. The number of nitrogens with zero attached hydrogens (tertiary/aromatic N) is 2. The van der Waals surface area contributed by atoms with Crippen LogP contribution >= 0.6 is 0 Å². The highest BCUT2D eigenvalue weighted by Gasteiger charge is 2.20. The van der Waals surface area contributed by atoms with Crippen LogP contribution in [0.1, 0.15) is 5.69 Å². The summed E-state index contributed by atoms with van der Waals surface area (Å²) < 4.78 is 0. The van der Waals surface area contributed by atoms with Crippen molar-refractivity contribution in [2.24, 2.45) is 0 Å². The number of nitrogens with one attached hydrogen (secondary N) is 2. The van der Waals surface area contributed by atoms with Gasteiger partial charge in [0.1, 0.15) is 11.4 Å². The topological polar surface area (TPSA) is 74.3 Å². The van der Waals surface area contributed by atoms with Crippen molar-refractivity contribution in [3.8, 4) is 0 Å². The Balaban J connectivity index is 1.96. The van der Waals surface area contributed by atoms with Crippen molar-refractivity contribution >= 4 is 11.4 Å². The van der Waals surface area contributed by atoms with Gasteiger partial charge in [0.2, 0.25) is 0 Å². The second-order valence-corrected chi connectivity index (χ2v) is 4.81. The molecule has 2 rings (SSSR count). The van der Waals surface area contributed by atoms with E-state index in [1.54, 1.807) is 6.20 Å². The number of pyridine rings is 1. The van der Waals surface area contributed by atoms with Gasteiger partial charge in [0.15, 0.2) is 0 Å². The molecular formula is C14H18N4O2. The number of hydrogen-bond donors (Lipinski definition) is 2. The molecule has 0 aliphatic carbocycles.